The third kappa shape index (κ3) is 3.33. The van der Waals surface area contributed by atoms with E-state index >= 15 is 0 Å². The predicted molar refractivity (Wildman–Crippen MR) is 138 cm³/mol. The molecule has 2 atom stereocenters. The van der Waals surface area contributed by atoms with Gasteiger partial charge in [-0.25, -0.2) is 9.98 Å². The molecule has 2 aromatic heterocycles. The minimum Gasteiger partial charge on any atom is -0.373 e. The number of imidazole rings is 1. The lowest BCUT2D eigenvalue weighted by atomic mass is 9.80. The van der Waals surface area contributed by atoms with Crippen LogP contribution in [0.2, 0.25) is 0 Å². The van der Waals surface area contributed by atoms with Gasteiger partial charge in [0.2, 0.25) is 0 Å². The van der Waals surface area contributed by atoms with Crippen LogP contribution >= 0.6 is 0 Å². The fourth-order valence-corrected chi connectivity index (χ4v) is 5.41. The molecule has 7 heteroatoms. The molecule has 6 heterocycles. The molecule has 2 unspecified atom stereocenters. The lowest BCUT2D eigenvalue weighted by Gasteiger charge is -2.25. The zero-order valence-corrected chi connectivity index (χ0v) is 20.5. The second-order valence-corrected chi connectivity index (χ2v) is 10.4. The number of aliphatic imine (C=N–C) groups is 2. The molecule has 0 radical (unpaired) electrons. The SMILES string of the molecule is Cc1cn(C)c(C23C=CC(=N2)C=c2ccc([nH]2)=CC2=NC(=CC4(C)NC(=C3)C(C)(C)C4=O)C=C2)n1. The molecule has 4 aliphatic heterocycles. The van der Waals surface area contributed by atoms with Crippen LogP contribution in [0.4, 0.5) is 0 Å². The zero-order valence-electron chi connectivity index (χ0n) is 20.5. The highest BCUT2D eigenvalue weighted by atomic mass is 16.1. The molecule has 1 fully saturated rings. The van der Waals surface area contributed by atoms with Crippen LogP contribution in [0.15, 0.2) is 76.2 Å². The molecule has 0 amide bonds. The number of carbonyl (C=O) groups excluding carboxylic acids is 1. The van der Waals surface area contributed by atoms with Crippen molar-refractivity contribution in [2.24, 2.45) is 22.4 Å². The predicted octanol–water partition coefficient (Wildman–Crippen LogP) is 2.27. The first-order chi connectivity index (χ1) is 16.6. The van der Waals surface area contributed by atoms with Crippen molar-refractivity contribution in [3.63, 3.8) is 0 Å². The Hall–Kier alpha value is -4.00. The second kappa shape index (κ2) is 7.01. The highest BCUT2D eigenvalue weighted by Crippen LogP contribution is 2.43. The highest BCUT2D eigenvalue weighted by molar-refractivity contribution is 6.20. The van der Waals surface area contributed by atoms with E-state index in [9.17, 15) is 4.79 Å². The van der Waals surface area contributed by atoms with Gasteiger partial charge in [0.15, 0.2) is 11.3 Å². The first-order valence-electron chi connectivity index (χ1n) is 11.8. The number of aryl methyl sites for hydroxylation is 2. The molecular weight excluding hydrogens is 436 g/mol. The number of nitrogens with one attached hydrogen (secondary N) is 2. The van der Waals surface area contributed by atoms with Crippen LogP contribution in [0, 0.1) is 12.3 Å². The number of fused-ring (bicyclic) bond motifs is 6. The van der Waals surface area contributed by atoms with Crippen molar-refractivity contribution in [1.82, 2.24) is 19.9 Å². The quantitative estimate of drug-likeness (QED) is 0.679. The van der Waals surface area contributed by atoms with Crippen molar-refractivity contribution >= 4 is 29.4 Å². The molecule has 8 bridgehead atoms. The maximum Gasteiger partial charge on any atom is 0.173 e. The summed E-state index contributed by atoms with van der Waals surface area (Å²) < 4.78 is 2.01. The Bertz CT molecular complexity index is 1600. The summed E-state index contributed by atoms with van der Waals surface area (Å²) in [7, 11) is 1.98. The Kier molecular flexibility index (Phi) is 4.31. The molecule has 1 saturated heterocycles. The fraction of sp³-hybridized carbons (Fsp3) is 0.286. The van der Waals surface area contributed by atoms with Crippen molar-refractivity contribution < 1.29 is 4.79 Å². The molecule has 6 rings (SSSR count). The smallest absolute Gasteiger partial charge is 0.173 e. The van der Waals surface area contributed by atoms with Crippen molar-refractivity contribution in [2.75, 3.05) is 0 Å². The van der Waals surface area contributed by atoms with Crippen LogP contribution in [0.1, 0.15) is 32.3 Å². The Balaban J connectivity index is 1.64. The standard InChI is InChI=1S/C28H28N6O/c1-17-16-34(5)25(29-17)28-11-10-21(32-28)13-20-7-6-18(30-20)12-19-8-9-22(31-19)14-27(4)24(35)26(2,3)23(15-28)33-27/h6-16,30,33H,1-5H3. The van der Waals surface area contributed by atoms with Crippen molar-refractivity contribution in [3.8, 4) is 0 Å². The molecule has 4 aliphatic rings. The number of hydrogen-bond donors (Lipinski definition) is 2. The van der Waals surface area contributed by atoms with Gasteiger partial charge in [0.05, 0.1) is 28.2 Å². The van der Waals surface area contributed by atoms with E-state index in [4.69, 9.17) is 15.0 Å². The third-order valence-electron chi connectivity index (χ3n) is 7.11. The minimum atomic E-state index is -0.898. The third-order valence-corrected chi connectivity index (χ3v) is 7.11. The number of ketones is 1. The van der Waals surface area contributed by atoms with E-state index in [0.717, 1.165) is 45.0 Å². The molecule has 0 spiro atoms. The molecule has 2 aromatic rings. The van der Waals surface area contributed by atoms with Gasteiger partial charge in [0.25, 0.3) is 0 Å². The van der Waals surface area contributed by atoms with Gasteiger partial charge in [-0.3, -0.25) is 9.79 Å². The molecule has 7 nitrogen and oxygen atoms in total. The summed E-state index contributed by atoms with van der Waals surface area (Å²) >= 11 is 0. The number of aromatic nitrogens is 3. The van der Waals surface area contributed by atoms with E-state index in [1.54, 1.807) is 0 Å². The number of allylic oxidation sites excluding steroid dienone is 4. The Labute approximate surface area is 203 Å². The van der Waals surface area contributed by atoms with Crippen LogP contribution in [-0.2, 0) is 17.4 Å². The average molecular weight is 465 g/mol. The zero-order chi connectivity index (χ0) is 24.6. The van der Waals surface area contributed by atoms with Gasteiger partial charge in [-0.1, -0.05) is 0 Å². The average Bonchev–Trinajstić information content (AvgIpc) is 3.58. The first-order valence-corrected chi connectivity index (χ1v) is 11.8. The lowest BCUT2D eigenvalue weighted by Crippen LogP contribution is -2.41. The molecule has 0 aromatic carbocycles. The number of Topliss-reactive ketones (excluding diaryl/α,β-unsaturated/α-hetero) is 1. The van der Waals surface area contributed by atoms with Gasteiger partial charge in [0.1, 0.15) is 11.4 Å². The van der Waals surface area contributed by atoms with E-state index in [-0.39, 0.29) is 5.78 Å². The normalized spacial score (nSPS) is 28.1. The maximum absolute atomic E-state index is 13.7. The summed E-state index contributed by atoms with van der Waals surface area (Å²) in [6.07, 6.45) is 18.0. The summed E-state index contributed by atoms with van der Waals surface area (Å²) in [6, 6.07) is 4.06. The van der Waals surface area contributed by atoms with E-state index in [0.29, 0.717) is 0 Å². The van der Waals surface area contributed by atoms with Crippen LogP contribution < -0.4 is 16.0 Å². The van der Waals surface area contributed by atoms with Crippen molar-refractivity contribution in [1.29, 1.82) is 0 Å². The van der Waals surface area contributed by atoms with Crippen LogP contribution in [-0.4, -0.2) is 37.3 Å². The number of aromatic amines is 1. The number of nitrogens with zero attached hydrogens (tertiary/aromatic N) is 4. The van der Waals surface area contributed by atoms with Crippen LogP contribution in [0.25, 0.3) is 12.2 Å². The Morgan fingerprint density at radius 3 is 2.43 bits per heavy atom. The number of rotatable bonds is 1. The van der Waals surface area contributed by atoms with Gasteiger partial charge in [-0.15, -0.1) is 0 Å². The summed E-state index contributed by atoms with van der Waals surface area (Å²) in [5.41, 5.74) is 1.68. The molecule has 35 heavy (non-hydrogen) atoms. The molecular formula is C28H28N6O. The molecule has 0 aliphatic carbocycles. The van der Waals surface area contributed by atoms with Crippen LogP contribution in [0.3, 0.4) is 0 Å². The summed E-state index contributed by atoms with van der Waals surface area (Å²) in [5, 5.41) is 5.44. The topological polar surface area (TPSA) is 87.4 Å². The van der Waals surface area contributed by atoms with Gasteiger partial charge in [-0.05, 0) is 88.4 Å². The number of H-pyrrole nitrogens is 1. The summed E-state index contributed by atoms with van der Waals surface area (Å²) in [4.78, 5) is 31.9. The lowest BCUT2D eigenvalue weighted by molar-refractivity contribution is -0.126. The van der Waals surface area contributed by atoms with Gasteiger partial charge in [-0.2, -0.15) is 0 Å². The molecule has 176 valence electrons. The second-order valence-electron chi connectivity index (χ2n) is 10.4. The van der Waals surface area contributed by atoms with Gasteiger partial charge in [0, 0.05) is 29.6 Å². The largest absolute Gasteiger partial charge is 0.373 e. The van der Waals surface area contributed by atoms with Crippen molar-refractivity contribution in [2.45, 2.75) is 38.8 Å². The number of carbonyl (C=O) groups is 1. The van der Waals surface area contributed by atoms with E-state index in [1.165, 1.54) is 0 Å². The Morgan fingerprint density at radius 1 is 0.971 bits per heavy atom. The van der Waals surface area contributed by atoms with E-state index < -0.39 is 16.5 Å². The monoisotopic (exact) mass is 464 g/mol. The summed E-state index contributed by atoms with van der Waals surface area (Å²) in [5.74, 6) is 0.889. The van der Waals surface area contributed by atoms with Gasteiger partial charge >= 0.3 is 0 Å². The maximum atomic E-state index is 13.7. The molecule has 0 saturated carbocycles. The van der Waals surface area contributed by atoms with Gasteiger partial charge < -0.3 is 14.9 Å². The Morgan fingerprint density at radius 2 is 1.71 bits per heavy atom. The van der Waals surface area contributed by atoms with Crippen molar-refractivity contribution in [3.05, 3.63) is 88.4 Å². The highest BCUT2D eigenvalue weighted by Gasteiger charge is 2.52. The number of hydrogen-bond acceptors (Lipinski definition) is 5. The summed E-state index contributed by atoms with van der Waals surface area (Å²) in [6.45, 7) is 7.82. The molecule has 2 N–H and O–H groups in total. The van der Waals surface area contributed by atoms with Crippen LogP contribution in [0.5, 0.6) is 0 Å². The van der Waals surface area contributed by atoms with E-state index in [1.807, 2.05) is 94.1 Å². The van der Waals surface area contributed by atoms with E-state index in [2.05, 4.69) is 22.5 Å². The fourth-order valence-electron chi connectivity index (χ4n) is 5.41. The minimum absolute atomic E-state index is 0.0894. The first kappa shape index (κ1) is 21.5.